The summed E-state index contributed by atoms with van der Waals surface area (Å²) in [5, 5.41) is 0.384. The number of rotatable bonds is 5. The molecule has 0 spiro atoms. The fourth-order valence-corrected chi connectivity index (χ4v) is 4.36. The molecule has 0 amide bonds. The van der Waals surface area contributed by atoms with E-state index in [0.717, 1.165) is 31.7 Å². The summed E-state index contributed by atoms with van der Waals surface area (Å²) in [6.07, 6.45) is 5.22. The van der Waals surface area contributed by atoms with Crippen LogP contribution in [0.15, 0.2) is 35.4 Å². The van der Waals surface area contributed by atoms with Gasteiger partial charge in [-0.05, 0) is 49.9 Å². The lowest BCUT2D eigenvalue weighted by Crippen LogP contribution is -2.31. The molecule has 1 saturated heterocycles. The average Bonchev–Trinajstić information content (AvgIpc) is 2.63. The maximum atomic E-state index is 12.5. The number of aromatic nitrogens is 2. The SMILES string of the molecule is Cc1ccc(Cl)cc1S(=O)(=O)NCc1nccc(N2CCCCC2)n1. The number of anilines is 1. The minimum absolute atomic E-state index is 0.0377. The lowest BCUT2D eigenvalue weighted by molar-refractivity contribution is 0.569. The second-order valence-corrected chi connectivity index (χ2v) is 8.28. The minimum atomic E-state index is -3.68. The maximum Gasteiger partial charge on any atom is 0.241 e. The molecule has 134 valence electrons. The number of hydrogen-bond donors (Lipinski definition) is 1. The van der Waals surface area contributed by atoms with Gasteiger partial charge in [-0.3, -0.25) is 0 Å². The van der Waals surface area contributed by atoms with Crippen molar-refractivity contribution >= 4 is 27.4 Å². The monoisotopic (exact) mass is 380 g/mol. The Morgan fingerprint density at radius 1 is 1.20 bits per heavy atom. The molecular weight excluding hydrogens is 360 g/mol. The summed E-state index contributed by atoms with van der Waals surface area (Å²) in [6.45, 7) is 3.72. The Hall–Kier alpha value is -1.70. The van der Waals surface area contributed by atoms with E-state index in [0.29, 0.717) is 16.4 Å². The molecule has 1 aromatic carbocycles. The predicted octanol–water partition coefficient (Wildman–Crippen LogP) is 2.91. The molecule has 0 atom stereocenters. The van der Waals surface area contributed by atoms with Crippen LogP contribution in [0.1, 0.15) is 30.7 Å². The van der Waals surface area contributed by atoms with Crippen molar-refractivity contribution in [3.05, 3.63) is 46.9 Å². The number of halogens is 1. The third-order valence-electron chi connectivity index (χ3n) is 4.23. The molecule has 0 bridgehead atoms. The first kappa shape index (κ1) is 18.1. The van der Waals surface area contributed by atoms with E-state index >= 15 is 0 Å². The van der Waals surface area contributed by atoms with Gasteiger partial charge in [0.1, 0.15) is 11.6 Å². The van der Waals surface area contributed by atoms with Crippen molar-refractivity contribution in [1.82, 2.24) is 14.7 Å². The molecule has 0 unspecified atom stereocenters. The van der Waals surface area contributed by atoms with Gasteiger partial charge >= 0.3 is 0 Å². The Morgan fingerprint density at radius 2 is 1.96 bits per heavy atom. The molecule has 8 heteroatoms. The lowest BCUT2D eigenvalue weighted by Gasteiger charge is -2.27. The van der Waals surface area contributed by atoms with Gasteiger partial charge in [-0.15, -0.1) is 0 Å². The van der Waals surface area contributed by atoms with Crippen molar-refractivity contribution in [1.29, 1.82) is 0 Å². The molecule has 25 heavy (non-hydrogen) atoms. The van der Waals surface area contributed by atoms with Crippen LogP contribution < -0.4 is 9.62 Å². The number of nitrogens with one attached hydrogen (secondary N) is 1. The molecule has 3 rings (SSSR count). The molecule has 1 fully saturated rings. The van der Waals surface area contributed by atoms with E-state index in [2.05, 4.69) is 19.6 Å². The third-order valence-corrected chi connectivity index (χ3v) is 6.01. The summed E-state index contributed by atoms with van der Waals surface area (Å²) in [5.41, 5.74) is 0.639. The van der Waals surface area contributed by atoms with Gasteiger partial charge in [0, 0.05) is 24.3 Å². The number of hydrogen-bond acceptors (Lipinski definition) is 5. The normalized spacial score (nSPS) is 15.4. The lowest BCUT2D eigenvalue weighted by atomic mass is 10.1. The molecule has 1 aliphatic heterocycles. The van der Waals surface area contributed by atoms with Crippen LogP contribution in [0.3, 0.4) is 0 Å². The van der Waals surface area contributed by atoms with E-state index in [-0.39, 0.29) is 11.4 Å². The summed E-state index contributed by atoms with van der Waals surface area (Å²) in [4.78, 5) is 11.1. The van der Waals surface area contributed by atoms with Crippen molar-refractivity contribution < 1.29 is 8.42 Å². The molecule has 0 saturated carbocycles. The van der Waals surface area contributed by atoms with Crippen molar-refractivity contribution in [2.45, 2.75) is 37.6 Å². The van der Waals surface area contributed by atoms with Crippen LogP contribution in [0.4, 0.5) is 5.82 Å². The van der Waals surface area contributed by atoms with Crippen molar-refractivity contribution in [2.75, 3.05) is 18.0 Å². The Kier molecular flexibility index (Phi) is 5.56. The second kappa shape index (κ2) is 7.68. The third kappa shape index (κ3) is 4.48. The van der Waals surface area contributed by atoms with Crippen LogP contribution in [0.2, 0.25) is 5.02 Å². The zero-order valence-corrected chi connectivity index (χ0v) is 15.6. The fourth-order valence-electron chi connectivity index (χ4n) is 2.87. The average molecular weight is 381 g/mol. The number of benzene rings is 1. The highest BCUT2D eigenvalue weighted by Crippen LogP contribution is 2.20. The number of piperidine rings is 1. The van der Waals surface area contributed by atoms with Crippen LogP contribution >= 0.6 is 11.6 Å². The van der Waals surface area contributed by atoms with E-state index in [1.54, 1.807) is 25.3 Å². The van der Waals surface area contributed by atoms with E-state index in [4.69, 9.17) is 11.6 Å². The molecule has 0 aliphatic carbocycles. The summed E-state index contributed by atoms with van der Waals surface area (Å²) >= 11 is 5.92. The highest BCUT2D eigenvalue weighted by atomic mass is 35.5. The molecule has 6 nitrogen and oxygen atoms in total. The zero-order chi connectivity index (χ0) is 17.9. The van der Waals surface area contributed by atoms with E-state index in [9.17, 15) is 8.42 Å². The largest absolute Gasteiger partial charge is 0.357 e. The predicted molar refractivity (Wildman–Crippen MR) is 98.3 cm³/mol. The minimum Gasteiger partial charge on any atom is -0.357 e. The van der Waals surface area contributed by atoms with Crippen LogP contribution in [-0.4, -0.2) is 31.5 Å². The first-order chi connectivity index (χ1) is 12.0. The van der Waals surface area contributed by atoms with Crippen molar-refractivity contribution in [3.63, 3.8) is 0 Å². The quantitative estimate of drug-likeness (QED) is 0.863. The van der Waals surface area contributed by atoms with Crippen molar-refractivity contribution in [2.24, 2.45) is 0 Å². The molecule has 0 radical (unpaired) electrons. The Labute approximate surface area is 153 Å². The van der Waals surface area contributed by atoms with E-state index < -0.39 is 10.0 Å². The highest BCUT2D eigenvalue weighted by Gasteiger charge is 2.18. The smallest absolute Gasteiger partial charge is 0.241 e. The van der Waals surface area contributed by atoms with Crippen LogP contribution in [0, 0.1) is 6.92 Å². The Bertz CT molecular complexity index is 851. The molecular formula is C17H21ClN4O2S. The van der Waals surface area contributed by atoms with Crippen LogP contribution in [0.5, 0.6) is 0 Å². The van der Waals surface area contributed by atoms with Gasteiger partial charge in [-0.2, -0.15) is 0 Å². The van der Waals surface area contributed by atoms with Gasteiger partial charge in [0.2, 0.25) is 10.0 Å². The van der Waals surface area contributed by atoms with Gasteiger partial charge < -0.3 is 4.90 Å². The number of aryl methyl sites for hydroxylation is 1. The molecule has 1 N–H and O–H groups in total. The molecule has 2 heterocycles. The zero-order valence-electron chi connectivity index (χ0n) is 14.1. The summed E-state index contributed by atoms with van der Waals surface area (Å²) < 4.78 is 27.6. The standard InChI is InChI=1S/C17H21ClN4O2S/c1-13-5-6-14(18)11-15(13)25(23,24)20-12-16-19-8-7-17(21-16)22-9-3-2-4-10-22/h5-8,11,20H,2-4,9-10,12H2,1H3. The second-order valence-electron chi connectivity index (χ2n) is 6.11. The summed E-state index contributed by atoms with van der Waals surface area (Å²) in [7, 11) is -3.68. The summed E-state index contributed by atoms with van der Waals surface area (Å²) in [6, 6.07) is 6.67. The number of nitrogens with zero attached hydrogens (tertiary/aromatic N) is 3. The first-order valence-electron chi connectivity index (χ1n) is 8.28. The summed E-state index contributed by atoms with van der Waals surface area (Å²) in [5.74, 6) is 1.30. The van der Waals surface area contributed by atoms with Gasteiger partial charge in [0.25, 0.3) is 0 Å². The van der Waals surface area contributed by atoms with E-state index in [1.165, 1.54) is 12.5 Å². The first-order valence-corrected chi connectivity index (χ1v) is 10.1. The Balaban J connectivity index is 1.73. The van der Waals surface area contributed by atoms with Crippen molar-refractivity contribution in [3.8, 4) is 0 Å². The molecule has 1 aromatic heterocycles. The molecule has 1 aliphatic rings. The van der Waals surface area contributed by atoms with Gasteiger partial charge in [-0.25, -0.2) is 23.1 Å². The number of sulfonamides is 1. The topological polar surface area (TPSA) is 75.2 Å². The van der Waals surface area contributed by atoms with Crippen LogP contribution in [0.25, 0.3) is 0 Å². The highest BCUT2D eigenvalue weighted by molar-refractivity contribution is 7.89. The van der Waals surface area contributed by atoms with Gasteiger partial charge in [0.15, 0.2) is 0 Å². The molecule has 2 aromatic rings. The maximum absolute atomic E-state index is 12.5. The van der Waals surface area contributed by atoms with E-state index in [1.807, 2.05) is 6.07 Å². The van der Waals surface area contributed by atoms with Crippen LogP contribution in [-0.2, 0) is 16.6 Å². The van der Waals surface area contributed by atoms with Gasteiger partial charge in [0.05, 0.1) is 11.4 Å². The Morgan fingerprint density at radius 3 is 2.72 bits per heavy atom. The fraction of sp³-hybridized carbons (Fsp3) is 0.412. The van der Waals surface area contributed by atoms with Gasteiger partial charge in [-0.1, -0.05) is 17.7 Å².